The van der Waals surface area contributed by atoms with Crippen LogP contribution in [0.2, 0.25) is 0 Å². The van der Waals surface area contributed by atoms with Crippen LogP contribution in [0, 0.1) is 6.92 Å². The number of alkyl halides is 1. The van der Waals surface area contributed by atoms with Crippen LogP contribution in [0.15, 0.2) is 55.0 Å². The Morgan fingerprint density at radius 2 is 2.08 bits per heavy atom. The zero-order chi connectivity index (χ0) is 18.4. The molecule has 0 saturated heterocycles. The summed E-state index contributed by atoms with van der Waals surface area (Å²) < 4.78 is 0. The molecule has 0 bridgehead atoms. The van der Waals surface area contributed by atoms with E-state index in [2.05, 4.69) is 25.6 Å². The summed E-state index contributed by atoms with van der Waals surface area (Å²) in [5.41, 5.74) is 4.56. The molecule has 0 amide bonds. The van der Waals surface area contributed by atoms with Crippen molar-refractivity contribution in [1.29, 1.82) is 0 Å². The Balaban J connectivity index is 1.78. The van der Waals surface area contributed by atoms with Crippen LogP contribution in [-0.4, -0.2) is 38.6 Å². The summed E-state index contributed by atoms with van der Waals surface area (Å²) in [4.78, 5) is 13.0. The lowest BCUT2D eigenvalue weighted by Gasteiger charge is -2.14. The molecular formula is C19H20ClN5O. The minimum Gasteiger partial charge on any atom is -0.390 e. The van der Waals surface area contributed by atoms with Crippen LogP contribution in [0.5, 0.6) is 0 Å². The summed E-state index contributed by atoms with van der Waals surface area (Å²) in [6.07, 6.45) is 4.62. The lowest BCUT2D eigenvalue weighted by molar-refractivity contribution is 0.211. The Hall–Kier alpha value is -2.70. The SMILES string of the molecule is Cc1ccc(NCC(O)CCl)cc1Nc1nccc(-c2cccnc2)n1. The number of aliphatic hydroxyl groups excluding tert-OH is 1. The van der Waals surface area contributed by atoms with E-state index in [4.69, 9.17) is 11.6 Å². The molecule has 3 N–H and O–H groups in total. The molecule has 2 heterocycles. The highest BCUT2D eigenvalue weighted by Gasteiger charge is 2.07. The monoisotopic (exact) mass is 369 g/mol. The zero-order valence-electron chi connectivity index (χ0n) is 14.4. The van der Waals surface area contributed by atoms with E-state index in [1.54, 1.807) is 18.6 Å². The van der Waals surface area contributed by atoms with Crippen molar-refractivity contribution < 1.29 is 5.11 Å². The van der Waals surface area contributed by atoms with Crippen LogP contribution in [-0.2, 0) is 0 Å². The van der Waals surface area contributed by atoms with E-state index in [1.165, 1.54) is 0 Å². The maximum absolute atomic E-state index is 9.58. The summed E-state index contributed by atoms with van der Waals surface area (Å²) in [6, 6.07) is 11.6. The summed E-state index contributed by atoms with van der Waals surface area (Å²) in [5.74, 6) is 0.700. The van der Waals surface area contributed by atoms with Crippen molar-refractivity contribution in [3.05, 3.63) is 60.6 Å². The number of nitrogens with zero attached hydrogens (tertiary/aromatic N) is 3. The Kier molecular flexibility index (Phi) is 5.99. The predicted molar refractivity (Wildman–Crippen MR) is 105 cm³/mol. The molecule has 7 heteroatoms. The van der Waals surface area contributed by atoms with Crippen LogP contribution in [0.4, 0.5) is 17.3 Å². The second-order valence-electron chi connectivity index (χ2n) is 5.85. The molecule has 1 atom stereocenters. The van der Waals surface area contributed by atoms with Gasteiger partial charge in [-0.3, -0.25) is 4.98 Å². The lowest BCUT2D eigenvalue weighted by atomic mass is 10.1. The summed E-state index contributed by atoms with van der Waals surface area (Å²) in [6.45, 7) is 2.39. The third kappa shape index (κ3) is 4.68. The van der Waals surface area contributed by atoms with Crippen molar-refractivity contribution in [2.45, 2.75) is 13.0 Å². The normalized spacial score (nSPS) is 11.8. The molecule has 134 valence electrons. The molecule has 0 radical (unpaired) electrons. The van der Waals surface area contributed by atoms with Gasteiger partial charge in [0, 0.05) is 42.1 Å². The van der Waals surface area contributed by atoms with Crippen LogP contribution in [0.25, 0.3) is 11.3 Å². The molecule has 0 saturated carbocycles. The average Bonchev–Trinajstić information content (AvgIpc) is 2.69. The zero-order valence-corrected chi connectivity index (χ0v) is 15.1. The highest BCUT2D eigenvalue weighted by atomic mass is 35.5. The van der Waals surface area contributed by atoms with Gasteiger partial charge >= 0.3 is 0 Å². The fourth-order valence-corrected chi connectivity index (χ4v) is 2.48. The minimum atomic E-state index is -0.589. The first-order valence-corrected chi connectivity index (χ1v) is 8.78. The fourth-order valence-electron chi connectivity index (χ4n) is 2.37. The molecule has 0 aliphatic carbocycles. The number of rotatable bonds is 7. The first-order valence-electron chi connectivity index (χ1n) is 8.24. The highest BCUT2D eigenvalue weighted by molar-refractivity contribution is 6.18. The third-order valence-corrected chi connectivity index (χ3v) is 4.17. The molecule has 1 aromatic carbocycles. The first kappa shape index (κ1) is 18.1. The molecule has 0 spiro atoms. The van der Waals surface area contributed by atoms with Gasteiger partial charge in [-0.1, -0.05) is 6.07 Å². The smallest absolute Gasteiger partial charge is 0.227 e. The van der Waals surface area contributed by atoms with Crippen molar-refractivity contribution in [2.75, 3.05) is 23.1 Å². The van der Waals surface area contributed by atoms with Crippen LogP contribution >= 0.6 is 11.6 Å². The number of anilines is 3. The molecule has 3 rings (SSSR count). The minimum absolute atomic E-state index is 0.193. The molecule has 0 aliphatic rings. The number of pyridine rings is 1. The van der Waals surface area contributed by atoms with Gasteiger partial charge in [-0.05, 0) is 42.8 Å². The number of aliphatic hydroxyl groups is 1. The quantitative estimate of drug-likeness (QED) is 0.552. The number of benzene rings is 1. The first-order chi connectivity index (χ1) is 12.7. The Labute approximate surface area is 157 Å². The van der Waals surface area contributed by atoms with Gasteiger partial charge < -0.3 is 15.7 Å². The number of aryl methyl sites for hydroxylation is 1. The summed E-state index contributed by atoms with van der Waals surface area (Å²) >= 11 is 5.62. The fraction of sp³-hybridized carbons (Fsp3) is 0.211. The van der Waals surface area contributed by atoms with Gasteiger partial charge in [0.2, 0.25) is 5.95 Å². The standard InChI is InChI=1S/C19H20ClN5O/c1-13-4-5-15(23-12-16(26)10-20)9-18(13)25-19-22-8-6-17(24-19)14-3-2-7-21-11-14/h2-9,11,16,23,26H,10,12H2,1H3,(H,22,24,25). The Morgan fingerprint density at radius 1 is 1.19 bits per heavy atom. The lowest BCUT2D eigenvalue weighted by Crippen LogP contribution is -2.20. The van der Waals surface area contributed by atoms with Crippen LogP contribution < -0.4 is 10.6 Å². The number of halogens is 1. The van der Waals surface area contributed by atoms with E-state index >= 15 is 0 Å². The van der Waals surface area contributed by atoms with Gasteiger partial charge in [0.1, 0.15) is 0 Å². The average molecular weight is 370 g/mol. The van der Waals surface area contributed by atoms with E-state index in [0.29, 0.717) is 12.5 Å². The van der Waals surface area contributed by atoms with E-state index < -0.39 is 6.10 Å². The largest absolute Gasteiger partial charge is 0.390 e. The topological polar surface area (TPSA) is 83.0 Å². The van der Waals surface area contributed by atoms with Crippen LogP contribution in [0.3, 0.4) is 0 Å². The second-order valence-corrected chi connectivity index (χ2v) is 6.16. The number of aromatic nitrogens is 3. The molecule has 1 unspecified atom stereocenters. The molecular weight excluding hydrogens is 350 g/mol. The van der Waals surface area contributed by atoms with Crippen molar-refractivity contribution in [1.82, 2.24) is 15.0 Å². The number of hydrogen-bond donors (Lipinski definition) is 3. The molecule has 0 fully saturated rings. The van der Waals surface area contributed by atoms with Gasteiger partial charge in [-0.15, -0.1) is 11.6 Å². The maximum Gasteiger partial charge on any atom is 0.227 e. The van der Waals surface area contributed by atoms with Gasteiger partial charge in [0.05, 0.1) is 17.7 Å². The van der Waals surface area contributed by atoms with E-state index in [1.807, 2.05) is 43.3 Å². The van der Waals surface area contributed by atoms with Gasteiger partial charge in [-0.25, -0.2) is 9.97 Å². The molecule has 3 aromatic rings. The molecule has 26 heavy (non-hydrogen) atoms. The second kappa shape index (κ2) is 8.60. The van der Waals surface area contributed by atoms with Gasteiger partial charge in [0.15, 0.2) is 0 Å². The van der Waals surface area contributed by atoms with E-state index in [-0.39, 0.29) is 5.88 Å². The Bertz CT molecular complexity index is 860. The summed E-state index contributed by atoms with van der Waals surface area (Å²) in [5, 5.41) is 16.0. The Morgan fingerprint density at radius 3 is 2.85 bits per heavy atom. The summed E-state index contributed by atoms with van der Waals surface area (Å²) in [7, 11) is 0. The van der Waals surface area contributed by atoms with Crippen molar-refractivity contribution in [3.8, 4) is 11.3 Å². The molecule has 0 aliphatic heterocycles. The van der Waals surface area contributed by atoms with Crippen molar-refractivity contribution in [3.63, 3.8) is 0 Å². The highest BCUT2D eigenvalue weighted by Crippen LogP contribution is 2.24. The molecule has 6 nitrogen and oxygen atoms in total. The molecule has 2 aromatic heterocycles. The van der Waals surface area contributed by atoms with E-state index in [9.17, 15) is 5.11 Å². The third-order valence-electron chi connectivity index (χ3n) is 3.82. The number of nitrogens with one attached hydrogen (secondary N) is 2. The van der Waals surface area contributed by atoms with Crippen molar-refractivity contribution in [2.24, 2.45) is 0 Å². The van der Waals surface area contributed by atoms with Crippen LogP contribution in [0.1, 0.15) is 5.56 Å². The predicted octanol–water partition coefficient (Wildman–Crippen LogP) is 3.60. The van der Waals surface area contributed by atoms with Crippen molar-refractivity contribution >= 4 is 28.9 Å². The van der Waals surface area contributed by atoms with Gasteiger partial charge in [-0.2, -0.15) is 0 Å². The van der Waals surface area contributed by atoms with E-state index in [0.717, 1.165) is 28.2 Å². The number of hydrogen-bond acceptors (Lipinski definition) is 6. The maximum atomic E-state index is 9.58. The van der Waals surface area contributed by atoms with Gasteiger partial charge in [0.25, 0.3) is 0 Å².